The van der Waals surface area contributed by atoms with Crippen molar-refractivity contribution in [3.05, 3.63) is 34.3 Å². The molecule has 1 unspecified atom stereocenters. The average molecular weight is 311 g/mol. The predicted octanol–water partition coefficient (Wildman–Crippen LogP) is 4.39. The van der Waals surface area contributed by atoms with Crippen LogP contribution in [0.25, 0.3) is 0 Å². The standard InChI is InChI=1S/C12H14BrF3O/c1-11(17,7-2-8-12(14,15)16)9-3-5-10(13)6-4-9/h3-6,17H,2,7-8H2,1H3. The Bertz CT molecular complexity index is 357. The Kier molecular flexibility index (Phi) is 4.61. The van der Waals surface area contributed by atoms with Gasteiger partial charge in [-0.05, 0) is 37.5 Å². The van der Waals surface area contributed by atoms with Crippen molar-refractivity contribution in [3.8, 4) is 0 Å². The van der Waals surface area contributed by atoms with Crippen molar-refractivity contribution in [3.63, 3.8) is 0 Å². The third-order valence-electron chi connectivity index (χ3n) is 2.59. The van der Waals surface area contributed by atoms with Crippen LogP contribution in [0.1, 0.15) is 31.7 Å². The summed E-state index contributed by atoms with van der Waals surface area (Å²) in [7, 11) is 0. The van der Waals surface area contributed by atoms with Crippen LogP contribution in [-0.4, -0.2) is 11.3 Å². The van der Waals surface area contributed by atoms with Gasteiger partial charge in [-0.1, -0.05) is 28.1 Å². The van der Waals surface area contributed by atoms with Crippen molar-refractivity contribution in [2.45, 2.75) is 38.0 Å². The van der Waals surface area contributed by atoms with Crippen molar-refractivity contribution in [1.29, 1.82) is 0 Å². The minimum atomic E-state index is -4.16. The van der Waals surface area contributed by atoms with E-state index in [0.29, 0.717) is 5.56 Å². The van der Waals surface area contributed by atoms with Crippen LogP contribution in [0.2, 0.25) is 0 Å². The molecular weight excluding hydrogens is 297 g/mol. The van der Waals surface area contributed by atoms with Crippen LogP contribution in [-0.2, 0) is 5.60 Å². The average Bonchev–Trinajstić information content (AvgIpc) is 2.15. The van der Waals surface area contributed by atoms with Gasteiger partial charge in [0, 0.05) is 10.9 Å². The molecule has 0 bridgehead atoms. The molecule has 0 aliphatic rings. The van der Waals surface area contributed by atoms with Gasteiger partial charge in [0.2, 0.25) is 0 Å². The van der Waals surface area contributed by atoms with Crippen LogP contribution in [0, 0.1) is 0 Å². The predicted molar refractivity (Wildman–Crippen MR) is 63.6 cm³/mol. The molecule has 0 amide bonds. The molecule has 0 aliphatic carbocycles. The molecule has 0 saturated heterocycles. The molecule has 0 saturated carbocycles. The van der Waals surface area contributed by atoms with Crippen LogP contribution >= 0.6 is 15.9 Å². The van der Waals surface area contributed by atoms with E-state index in [9.17, 15) is 18.3 Å². The lowest BCUT2D eigenvalue weighted by Gasteiger charge is -2.24. The summed E-state index contributed by atoms with van der Waals surface area (Å²) in [4.78, 5) is 0. The summed E-state index contributed by atoms with van der Waals surface area (Å²) in [6.45, 7) is 1.53. The normalized spacial score (nSPS) is 15.6. The van der Waals surface area contributed by atoms with Gasteiger partial charge in [-0.3, -0.25) is 0 Å². The molecular formula is C12H14BrF3O. The Morgan fingerprint density at radius 1 is 1.12 bits per heavy atom. The van der Waals surface area contributed by atoms with Crippen LogP contribution in [0.15, 0.2) is 28.7 Å². The Hall–Kier alpha value is -0.550. The highest BCUT2D eigenvalue weighted by molar-refractivity contribution is 9.10. The van der Waals surface area contributed by atoms with Crippen LogP contribution in [0.5, 0.6) is 0 Å². The van der Waals surface area contributed by atoms with E-state index >= 15 is 0 Å². The molecule has 0 heterocycles. The van der Waals surface area contributed by atoms with Gasteiger partial charge in [-0.25, -0.2) is 0 Å². The monoisotopic (exact) mass is 310 g/mol. The lowest BCUT2D eigenvalue weighted by atomic mass is 9.90. The van der Waals surface area contributed by atoms with E-state index in [4.69, 9.17) is 0 Å². The van der Waals surface area contributed by atoms with Crippen LogP contribution < -0.4 is 0 Å². The largest absolute Gasteiger partial charge is 0.389 e. The van der Waals surface area contributed by atoms with Gasteiger partial charge in [0.1, 0.15) is 0 Å². The first-order valence-corrected chi connectivity index (χ1v) is 6.05. The zero-order chi connectivity index (χ0) is 13.1. The number of aliphatic hydroxyl groups is 1. The molecule has 1 N–H and O–H groups in total. The fourth-order valence-corrected chi connectivity index (χ4v) is 1.85. The molecule has 0 fully saturated rings. The van der Waals surface area contributed by atoms with E-state index in [1.165, 1.54) is 6.92 Å². The van der Waals surface area contributed by atoms with Crippen molar-refractivity contribution in [1.82, 2.24) is 0 Å². The molecule has 0 radical (unpaired) electrons. The molecule has 1 atom stereocenters. The van der Waals surface area contributed by atoms with E-state index in [0.717, 1.165) is 4.47 Å². The van der Waals surface area contributed by atoms with Crippen molar-refractivity contribution in [2.24, 2.45) is 0 Å². The zero-order valence-electron chi connectivity index (χ0n) is 9.39. The van der Waals surface area contributed by atoms with E-state index in [1.54, 1.807) is 24.3 Å². The second-order valence-electron chi connectivity index (χ2n) is 4.25. The van der Waals surface area contributed by atoms with Gasteiger partial charge in [0.25, 0.3) is 0 Å². The Balaban J connectivity index is 2.59. The smallest absolute Gasteiger partial charge is 0.385 e. The molecule has 1 nitrogen and oxygen atoms in total. The first-order valence-electron chi connectivity index (χ1n) is 5.26. The molecule has 5 heteroatoms. The minimum absolute atomic E-state index is 0.0768. The SMILES string of the molecule is CC(O)(CCCC(F)(F)F)c1ccc(Br)cc1. The Morgan fingerprint density at radius 2 is 1.65 bits per heavy atom. The number of benzene rings is 1. The number of hydrogen-bond donors (Lipinski definition) is 1. The summed E-state index contributed by atoms with van der Waals surface area (Å²) in [6, 6.07) is 6.93. The fourth-order valence-electron chi connectivity index (χ4n) is 1.59. The quantitative estimate of drug-likeness (QED) is 0.874. The lowest BCUT2D eigenvalue weighted by Crippen LogP contribution is -2.22. The van der Waals surface area contributed by atoms with Gasteiger partial charge < -0.3 is 5.11 Å². The highest BCUT2D eigenvalue weighted by Gasteiger charge is 2.29. The Morgan fingerprint density at radius 3 is 2.12 bits per heavy atom. The van der Waals surface area contributed by atoms with Crippen molar-refractivity contribution in [2.75, 3.05) is 0 Å². The van der Waals surface area contributed by atoms with Gasteiger partial charge in [-0.2, -0.15) is 13.2 Å². The lowest BCUT2D eigenvalue weighted by molar-refractivity contribution is -0.137. The minimum Gasteiger partial charge on any atom is -0.385 e. The summed E-state index contributed by atoms with van der Waals surface area (Å²) in [5.74, 6) is 0. The van der Waals surface area contributed by atoms with E-state index in [1.807, 2.05) is 0 Å². The van der Waals surface area contributed by atoms with Gasteiger partial charge in [0.15, 0.2) is 0 Å². The van der Waals surface area contributed by atoms with Gasteiger partial charge in [-0.15, -0.1) is 0 Å². The summed E-state index contributed by atoms with van der Waals surface area (Å²) in [5.41, 5.74) is -0.589. The van der Waals surface area contributed by atoms with Crippen molar-refractivity contribution < 1.29 is 18.3 Å². The third kappa shape index (κ3) is 5.08. The second kappa shape index (κ2) is 5.40. The number of alkyl halides is 3. The van der Waals surface area contributed by atoms with E-state index < -0.39 is 18.2 Å². The van der Waals surface area contributed by atoms with Gasteiger partial charge in [0.05, 0.1) is 5.60 Å². The highest BCUT2D eigenvalue weighted by atomic mass is 79.9. The van der Waals surface area contributed by atoms with E-state index in [2.05, 4.69) is 15.9 Å². The number of halogens is 4. The third-order valence-corrected chi connectivity index (χ3v) is 3.12. The summed E-state index contributed by atoms with van der Waals surface area (Å²) in [5, 5.41) is 10.1. The van der Waals surface area contributed by atoms with E-state index in [-0.39, 0.29) is 12.8 Å². The molecule has 0 spiro atoms. The molecule has 17 heavy (non-hydrogen) atoms. The van der Waals surface area contributed by atoms with Crippen LogP contribution in [0.4, 0.5) is 13.2 Å². The molecule has 1 aromatic rings. The molecule has 1 aromatic carbocycles. The first kappa shape index (κ1) is 14.5. The zero-order valence-corrected chi connectivity index (χ0v) is 11.0. The summed E-state index contributed by atoms with van der Waals surface area (Å²) < 4.78 is 36.9. The fraction of sp³-hybridized carbons (Fsp3) is 0.500. The topological polar surface area (TPSA) is 20.2 Å². The maximum Gasteiger partial charge on any atom is 0.389 e. The maximum atomic E-state index is 12.0. The maximum absolute atomic E-state index is 12.0. The second-order valence-corrected chi connectivity index (χ2v) is 5.17. The number of hydrogen-bond acceptors (Lipinski definition) is 1. The molecule has 1 rings (SSSR count). The Labute approximate surface area is 107 Å². The van der Waals surface area contributed by atoms with Crippen LogP contribution in [0.3, 0.4) is 0 Å². The first-order chi connectivity index (χ1) is 7.71. The summed E-state index contributed by atoms with van der Waals surface area (Å²) in [6.07, 6.45) is -5.00. The van der Waals surface area contributed by atoms with Gasteiger partial charge >= 0.3 is 6.18 Å². The molecule has 0 aromatic heterocycles. The highest BCUT2D eigenvalue weighted by Crippen LogP contribution is 2.30. The summed E-state index contributed by atoms with van der Waals surface area (Å²) >= 11 is 3.26. The number of rotatable bonds is 4. The molecule has 96 valence electrons. The molecule has 0 aliphatic heterocycles. The van der Waals surface area contributed by atoms with Crippen molar-refractivity contribution >= 4 is 15.9 Å².